The number of rotatable bonds is 8. The van der Waals surface area contributed by atoms with Crippen molar-refractivity contribution in [1.29, 1.82) is 0 Å². The van der Waals surface area contributed by atoms with Gasteiger partial charge in [0.1, 0.15) is 17.2 Å². The van der Waals surface area contributed by atoms with E-state index in [-0.39, 0.29) is 35.5 Å². The van der Waals surface area contributed by atoms with E-state index in [1.165, 1.54) is 59.4 Å². The minimum absolute atomic E-state index is 0.0836. The third kappa shape index (κ3) is 6.92. The molecule has 49 heavy (non-hydrogen) atoms. The molecule has 4 heterocycles. The van der Waals surface area contributed by atoms with Crippen LogP contribution in [0.25, 0.3) is 0 Å². The average molecular weight is 724 g/mol. The van der Waals surface area contributed by atoms with Crippen LogP contribution in [-0.2, 0) is 38.2 Å². The van der Waals surface area contributed by atoms with Gasteiger partial charge in [-0.05, 0) is 51.6 Å². The number of halogens is 2. The molecule has 2 N–H and O–H groups in total. The molecule has 0 unspecified atom stereocenters. The van der Waals surface area contributed by atoms with E-state index in [1.807, 2.05) is 7.05 Å². The van der Waals surface area contributed by atoms with Crippen LogP contribution >= 0.6 is 11.6 Å². The number of hydrogen-bond donors (Lipinski definition) is 2. The normalized spacial score (nSPS) is 22.8. The zero-order valence-electron chi connectivity index (χ0n) is 28.3. The van der Waals surface area contributed by atoms with Crippen molar-refractivity contribution in [3.63, 3.8) is 0 Å². The molecule has 2 bridgehead atoms. The second-order valence-electron chi connectivity index (χ2n) is 13.8. The third-order valence-electron chi connectivity index (χ3n) is 10.5. The average Bonchev–Trinajstić information content (AvgIpc) is 3.29. The van der Waals surface area contributed by atoms with Gasteiger partial charge in [-0.1, -0.05) is 23.7 Å². The van der Waals surface area contributed by atoms with Gasteiger partial charge in [-0.3, -0.25) is 23.7 Å². The Kier molecular flexibility index (Phi) is 10.2. The molecule has 4 aliphatic rings. The number of carbonyl (C=O) groups is 3. The second kappa shape index (κ2) is 13.6. The summed E-state index contributed by atoms with van der Waals surface area (Å²) in [4.78, 5) is 63.0. The topological polar surface area (TPSA) is 165 Å². The monoisotopic (exact) mass is 723 g/mol. The first kappa shape index (κ1) is 36.7. The van der Waals surface area contributed by atoms with Crippen LogP contribution in [0.2, 0.25) is 5.02 Å². The van der Waals surface area contributed by atoms with Crippen molar-refractivity contribution in [1.82, 2.24) is 33.9 Å². The highest BCUT2D eigenvalue weighted by Crippen LogP contribution is 2.52. The molecule has 2 fully saturated rings. The van der Waals surface area contributed by atoms with E-state index in [0.29, 0.717) is 58.2 Å². The van der Waals surface area contributed by atoms with Crippen molar-refractivity contribution in [3.8, 4) is 5.75 Å². The summed E-state index contributed by atoms with van der Waals surface area (Å²) in [6, 6.07) is 4.41. The van der Waals surface area contributed by atoms with Gasteiger partial charge in [-0.15, -0.1) is 0 Å². The van der Waals surface area contributed by atoms with Crippen LogP contribution in [0.5, 0.6) is 5.75 Å². The van der Waals surface area contributed by atoms with E-state index in [9.17, 15) is 37.1 Å². The number of sulfonamides is 1. The van der Waals surface area contributed by atoms with Crippen LogP contribution in [0.15, 0.2) is 23.0 Å². The van der Waals surface area contributed by atoms with Gasteiger partial charge in [-0.25, -0.2) is 22.1 Å². The summed E-state index contributed by atoms with van der Waals surface area (Å²) in [5, 5.41) is 13.5. The molecule has 1 saturated heterocycles. The summed E-state index contributed by atoms with van der Waals surface area (Å²) < 4.78 is 41.4. The van der Waals surface area contributed by atoms with Crippen LogP contribution in [-0.4, -0.2) is 120 Å². The van der Waals surface area contributed by atoms with Gasteiger partial charge in [0, 0.05) is 70.9 Å². The minimum Gasteiger partial charge on any atom is -0.501 e. The van der Waals surface area contributed by atoms with Crippen LogP contribution < -0.4 is 10.9 Å². The summed E-state index contributed by atoms with van der Waals surface area (Å²) in [5.41, 5.74) is -3.12. The zero-order chi connectivity index (χ0) is 36.1. The number of fused-ring (bicyclic) bond motifs is 2. The molecule has 1 aromatic carbocycles. The van der Waals surface area contributed by atoms with Crippen LogP contribution in [0, 0.1) is 11.2 Å². The molecule has 2 aromatic rings. The number of carbonyl (C=O) groups excluding carboxylic acids is 3. The Labute approximate surface area is 289 Å². The van der Waals surface area contributed by atoms with Crippen molar-refractivity contribution < 1.29 is 32.3 Å². The molecule has 3 amide bonds. The lowest BCUT2D eigenvalue weighted by molar-refractivity contribution is -0.155. The highest BCUT2D eigenvalue weighted by Gasteiger charge is 2.55. The van der Waals surface area contributed by atoms with E-state index in [4.69, 9.17) is 11.6 Å². The lowest BCUT2D eigenvalue weighted by Gasteiger charge is -2.48. The van der Waals surface area contributed by atoms with Gasteiger partial charge in [0.15, 0.2) is 5.69 Å². The minimum atomic E-state index is -3.29. The number of hydrogen-bond acceptors (Lipinski definition) is 9. The third-order valence-corrected chi connectivity index (χ3v) is 12.1. The van der Waals surface area contributed by atoms with Crippen molar-refractivity contribution in [2.24, 2.45) is 5.41 Å². The summed E-state index contributed by atoms with van der Waals surface area (Å²) in [7, 11) is 3.09. The standard InChI is InChI=1S/C32H43ClFN7O7S/c1-37(2)28(45)29(46)39(4)32-13-11-31(12-14-32,18-38(3)21-9-15-40(16-10-21)49(5,47)48)19-41-27(44)25(42)24(36-30(32)41)26(43)35-17-20-7-6-8-22(33)23(20)34/h6-8,21,42H,9-19H2,1-5H3,(H,35,43). The Morgan fingerprint density at radius 1 is 1.08 bits per heavy atom. The molecule has 3 aliphatic heterocycles. The predicted octanol–water partition coefficient (Wildman–Crippen LogP) is 1.34. The fourth-order valence-electron chi connectivity index (χ4n) is 7.56. The van der Waals surface area contributed by atoms with E-state index < -0.39 is 61.5 Å². The Morgan fingerprint density at radius 2 is 1.71 bits per heavy atom. The lowest BCUT2D eigenvalue weighted by atomic mass is 9.67. The summed E-state index contributed by atoms with van der Waals surface area (Å²) >= 11 is 5.87. The largest absolute Gasteiger partial charge is 0.501 e. The van der Waals surface area contributed by atoms with Gasteiger partial charge < -0.3 is 25.1 Å². The quantitative estimate of drug-likeness (QED) is 0.383. The maximum atomic E-state index is 14.5. The van der Waals surface area contributed by atoms with Crippen LogP contribution in [0.4, 0.5) is 4.39 Å². The Hall–Kier alpha value is -3.60. The van der Waals surface area contributed by atoms with E-state index in [2.05, 4.69) is 15.2 Å². The molecule has 17 heteroatoms. The number of piperidine rings is 1. The zero-order valence-corrected chi connectivity index (χ0v) is 29.9. The summed E-state index contributed by atoms with van der Waals surface area (Å²) in [6.07, 6.45) is 4.20. The first-order chi connectivity index (χ1) is 22.9. The van der Waals surface area contributed by atoms with Gasteiger partial charge in [0.2, 0.25) is 15.8 Å². The molecule has 1 aromatic heterocycles. The number of amides is 3. The van der Waals surface area contributed by atoms with Gasteiger partial charge in [0.05, 0.1) is 11.3 Å². The molecule has 6 rings (SSSR count). The van der Waals surface area contributed by atoms with E-state index in [1.54, 1.807) is 0 Å². The number of aromatic nitrogens is 2. The van der Waals surface area contributed by atoms with Crippen LogP contribution in [0.3, 0.4) is 0 Å². The summed E-state index contributed by atoms with van der Waals surface area (Å²) in [5.74, 6) is -4.04. The van der Waals surface area contributed by atoms with Crippen molar-refractivity contribution in [3.05, 3.63) is 56.5 Å². The molecular formula is C32H43ClFN7O7S. The van der Waals surface area contributed by atoms with Gasteiger partial charge >= 0.3 is 11.8 Å². The number of nitrogens with zero attached hydrogens (tertiary/aromatic N) is 6. The highest BCUT2D eigenvalue weighted by molar-refractivity contribution is 7.88. The molecule has 1 aliphatic carbocycles. The molecule has 1 saturated carbocycles. The first-order valence-electron chi connectivity index (χ1n) is 16.1. The molecule has 0 atom stereocenters. The number of aromatic hydroxyl groups is 1. The number of likely N-dealkylation sites (N-methyl/N-ethyl adjacent to an activating group) is 2. The fraction of sp³-hybridized carbons (Fsp3) is 0.594. The molecule has 268 valence electrons. The van der Waals surface area contributed by atoms with Crippen molar-refractivity contribution in [2.45, 2.75) is 63.2 Å². The van der Waals surface area contributed by atoms with Crippen molar-refractivity contribution in [2.75, 3.05) is 54.1 Å². The first-order valence-corrected chi connectivity index (χ1v) is 18.3. The highest BCUT2D eigenvalue weighted by atomic mass is 35.5. The van der Waals surface area contributed by atoms with Crippen molar-refractivity contribution >= 4 is 39.3 Å². The molecular weight excluding hydrogens is 681 g/mol. The predicted molar refractivity (Wildman–Crippen MR) is 179 cm³/mol. The molecule has 14 nitrogen and oxygen atoms in total. The maximum Gasteiger partial charge on any atom is 0.312 e. The second-order valence-corrected chi connectivity index (χ2v) is 16.2. The van der Waals surface area contributed by atoms with Crippen LogP contribution in [0.1, 0.15) is 60.4 Å². The number of nitrogens with one attached hydrogen (secondary N) is 1. The SMILES string of the molecule is CN(C)C(=O)C(=O)N(C)C12CCC(CN(C)C3CCN(S(C)(=O)=O)CC3)(CC1)Cn1c2nc(C(=O)NCc2cccc(Cl)c2F)c(O)c1=O. The maximum absolute atomic E-state index is 14.5. The van der Waals surface area contributed by atoms with E-state index in [0.717, 1.165) is 4.90 Å². The lowest BCUT2D eigenvalue weighted by Crippen LogP contribution is -2.55. The van der Waals surface area contributed by atoms with Gasteiger partial charge in [-0.2, -0.15) is 0 Å². The Bertz CT molecular complexity index is 1820. The Morgan fingerprint density at radius 3 is 2.31 bits per heavy atom. The smallest absolute Gasteiger partial charge is 0.312 e. The van der Waals surface area contributed by atoms with E-state index >= 15 is 0 Å². The summed E-state index contributed by atoms with van der Waals surface area (Å²) in [6.45, 7) is 1.19. The molecule has 0 radical (unpaired) electrons. The van der Waals surface area contributed by atoms with Gasteiger partial charge in [0.25, 0.3) is 11.5 Å². The number of benzene rings is 1. The Balaban J connectivity index is 1.51. The fourth-order valence-corrected chi connectivity index (χ4v) is 8.62. The molecule has 0 spiro atoms.